The number of carboxylic acid groups (broad SMARTS) is 1. The van der Waals surface area contributed by atoms with Crippen LogP contribution < -0.4 is 10.6 Å². The highest BCUT2D eigenvalue weighted by molar-refractivity contribution is 5.73. The third-order valence-electron chi connectivity index (χ3n) is 3.83. The maximum atomic E-state index is 10.6. The second-order valence-corrected chi connectivity index (χ2v) is 5.87. The molecule has 0 radical (unpaired) electrons. The molecule has 2 aliphatic rings. The van der Waals surface area contributed by atoms with Crippen molar-refractivity contribution in [3.63, 3.8) is 0 Å². The van der Waals surface area contributed by atoms with E-state index in [1.807, 2.05) is 6.20 Å². The minimum absolute atomic E-state index is 0.330. The van der Waals surface area contributed by atoms with Crippen LogP contribution in [0.2, 0.25) is 0 Å². The monoisotopic (exact) mass is 331 g/mol. The highest BCUT2D eigenvalue weighted by Gasteiger charge is 2.38. The van der Waals surface area contributed by atoms with Crippen LogP contribution in [-0.4, -0.2) is 41.4 Å². The molecule has 8 heteroatoms. The number of rotatable bonds is 2. The Bertz CT molecular complexity index is 530. The largest absolute Gasteiger partial charge is 0.490 e. The molecule has 5 nitrogen and oxygen atoms in total. The average molecular weight is 331 g/mol. The van der Waals surface area contributed by atoms with Gasteiger partial charge < -0.3 is 15.7 Å². The molecule has 1 aromatic heterocycles. The third kappa shape index (κ3) is 5.38. The maximum Gasteiger partial charge on any atom is 0.490 e. The van der Waals surface area contributed by atoms with E-state index in [1.165, 1.54) is 30.6 Å². The van der Waals surface area contributed by atoms with Crippen molar-refractivity contribution in [3.05, 3.63) is 24.0 Å². The van der Waals surface area contributed by atoms with Gasteiger partial charge in [-0.05, 0) is 37.8 Å². The van der Waals surface area contributed by atoms with Gasteiger partial charge in [0.05, 0.1) is 11.9 Å². The van der Waals surface area contributed by atoms with Gasteiger partial charge in [-0.25, -0.2) is 4.79 Å². The summed E-state index contributed by atoms with van der Waals surface area (Å²) in [5.74, 6) is -2.01. The van der Waals surface area contributed by atoms with Gasteiger partial charge in [0.1, 0.15) is 0 Å². The van der Waals surface area contributed by atoms with Crippen molar-refractivity contribution in [2.75, 3.05) is 18.0 Å². The van der Waals surface area contributed by atoms with Crippen LogP contribution in [0.1, 0.15) is 37.3 Å². The van der Waals surface area contributed by atoms with Crippen molar-refractivity contribution in [2.24, 2.45) is 5.73 Å². The van der Waals surface area contributed by atoms with Gasteiger partial charge >= 0.3 is 12.1 Å². The Hall–Kier alpha value is -1.83. The van der Waals surface area contributed by atoms with Gasteiger partial charge in [0.15, 0.2) is 0 Å². The van der Waals surface area contributed by atoms with Gasteiger partial charge in [0.2, 0.25) is 0 Å². The molecule has 2 heterocycles. The van der Waals surface area contributed by atoms with Crippen LogP contribution in [0.15, 0.2) is 18.3 Å². The van der Waals surface area contributed by atoms with Crippen LogP contribution in [0.4, 0.5) is 18.9 Å². The number of piperidine rings is 1. The van der Waals surface area contributed by atoms with Gasteiger partial charge in [-0.3, -0.25) is 4.98 Å². The number of aromatic nitrogens is 1. The van der Waals surface area contributed by atoms with Gasteiger partial charge in [0, 0.05) is 30.7 Å². The van der Waals surface area contributed by atoms with Gasteiger partial charge in [-0.15, -0.1) is 0 Å². The lowest BCUT2D eigenvalue weighted by molar-refractivity contribution is -0.192. The highest BCUT2D eigenvalue weighted by atomic mass is 19.4. The number of hydrogen-bond donors (Lipinski definition) is 2. The van der Waals surface area contributed by atoms with E-state index in [9.17, 15) is 13.2 Å². The molecule has 1 saturated heterocycles. The molecule has 3 N–H and O–H groups in total. The molecule has 3 rings (SSSR count). The van der Waals surface area contributed by atoms with Crippen LogP contribution in [0.5, 0.6) is 0 Å². The molecule has 1 aromatic rings. The molecule has 1 atom stereocenters. The summed E-state index contributed by atoms with van der Waals surface area (Å²) in [5.41, 5.74) is 8.49. The lowest BCUT2D eigenvalue weighted by Crippen LogP contribution is -2.42. The third-order valence-corrected chi connectivity index (χ3v) is 3.83. The van der Waals surface area contributed by atoms with Crippen molar-refractivity contribution >= 4 is 11.7 Å². The predicted molar refractivity (Wildman–Crippen MR) is 79.3 cm³/mol. The first-order valence-electron chi connectivity index (χ1n) is 7.54. The topological polar surface area (TPSA) is 79.5 Å². The van der Waals surface area contributed by atoms with E-state index in [1.54, 1.807) is 0 Å². The van der Waals surface area contributed by atoms with Gasteiger partial charge in [-0.2, -0.15) is 13.2 Å². The number of anilines is 1. The fraction of sp³-hybridized carbons (Fsp3) is 0.600. The maximum absolute atomic E-state index is 10.6. The normalized spacial score (nSPS) is 21.4. The quantitative estimate of drug-likeness (QED) is 0.870. The van der Waals surface area contributed by atoms with Gasteiger partial charge in [-0.1, -0.05) is 0 Å². The number of pyridine rings is 1. The Morgan fingerprint density at radius 3 is 2.39 bits per heavy atom. The highest BCUT2D eigenvalue weighted by Crippen LogP contribution is 2.39. The number of carboxylic acids is 1. The zero-order chi connectivity index (χ0) is 17.0. The van der Waals surface area contributed by atoms with Crippen molar-refractivity contribution in [1.29, 1.82) is 0 Å². The van der Waals surface area contributed by atoms with E-state index in [2.05, 4.69) is 22.0 Å². The molecule has 0 spiro atoms. The van der Waals surface area contributed by atoms with Crippen LogP contribution in [0, 0.1) is 0 Å². The van der Waals surface area contributed by atoms with Crippen LogP contribution >= 0.6 is 0 Å². The Labute approximate surface area is 132 Å². The van der Waals surface area contributed by atoms with Crippen molar-refractivity contribution in [2.45, 2.75) is 43.8 Å². The fourth-order valence-corrected chi connectivity index (χ4v) is 2.45. The number of nitrogens with two attached hydrogens (primary N) is 1. The summed E-state index contributed by atoms with van der Waals surface area (Å²) in [6.45, 7) is 2.10. The average Bonchev–Trinajstić information content (AvgIpc) is 3.32. The summed E-state index contributed by atoms with van der Waals surface area (Å²) in [7, 11) is 0. The number of nitrogens with zero attached hydrogens (tertiary/aromatic N) is 2. The standard InChI is InChI=1S/C13H19N3.C2HF3O2/c14-11-2-1-7-16(9-11)12-5-6-13(15-8-12)10-3-4-10;3-2(4,5)1(6)7/h5-6,8,10-11H,1-4,7,9,14H2;(H,6,7)/t11-;/m0./s1. The summed E-state index contributed by atoms with van der Waals surface area (Å²) in [4.78, 5) is 15.8. The molecule has 0 bridgehead atoms. The molecule has 23 heavy (non-hydrogen) atoms. The first-order valence-corrected chi connectivity index (χ1v) is 7.54. The minimum Gasteiger partial charge on any atom is -0.475 e. The molecular weight excluding hydrogens is 311 g/mol. The number of halogens is 3. The smallest absolute Gasteiger partial charge is 0.475 e. The Balaban J connectivity index is 0.000000236. The number of hydrogen-bond acceptors (Lipinski definition) is 4. The summed E-state index contributed by atoms with van der Waals surface area (Å²) in [5, 5.41) is 7.12. The minimum atomic E-state index is -5.08. The Morgan fingerprint density at radius 1 is 1.30 bits per heavy atom. The van der Waals surface area contributed by atoms with E-state index in [0.717, 1.165) is 25.4 Å². The second kappa shape index (κ2) is 7.16. The SMILES string of the molecule is N[C@H]1CCCN(c2ccc(C3CC3)nc2)C1.O=C(O)C(F)(F)F. The molecular formula is C15H20F3N3O2. The lowest BCUT2D eigenvalue weighted by atomic mass is 10.1. The molecule has 2 fully saturated rings. The molecule has 0 aromatic carbocycles. The second-order valence-electron chi connectivity index (χ2n) is 5.87. The first kappa shape index (κ1) is 17.5. The van der Waals surface area contributed by atoms with Crippen LogP contribution in [0.3, 0.4) is 0 Å². The fourth-order valence-electron chi connectivity index (χ4n) is 2.45. The van der Waals surface area contributed by atoms with E-state index < -0.39 is 12.1 Å². The summed E-state index contributed by atoms with van der Waals surface area (Å²) in [6.07, 6.45) is 1.93. The summed E-state index contributed by atoms with van der Waals surface area (Å²) < 4.78 is 31.7. The number of aliphatic carboxylic acids is 1. The van der Waals surface area contributed by atoms with Crippen molar-refractivity contribution in [3.8, 4) is 0 Å². The summed E-state index contributed by atoms with van der Waals surface area (Å²) in [6, 6.07) is 4.73. The molecule has 1 aliphatic carbocycles. The van der Waals surface area contributed by atoms with Crippen molar-refractivity contribution in [1.82, 2.24) is 4.98 Å². The van der Waals surface area contributed by atoms with E-state index >= 15 is 0 Å². The lowest BCUT2D eigenvalue weighted by Gasteiger charge is -2.32. The Morgan fingerprint density at radius 2 is 1.96 bits per heavy atom. The zero-order valence-corrected chi connectivity index (χ0v) is 12.6. The molecule has 128 valence electrons. The number of alkyl halides is 3. The van der Waals surface area contributed by atoms with E-state index in [4.69, 9.17) is 15.6 Å². The van der Waals surface area contributed by atoms with Crippen LogP contribution in [-0.2, 0) is 4.79 Å². The molecule has 0 unspecified atom stereocenters. The Kier molecular flexibility index (Phi) is 5.46. The van der Waals surface area contributed by atoms with Crippen molar-refractivity contribution < 1.29 is 23.1 Å². The van der Waals surface area contributed by atoms with Crippen LogP contribution in [0.25, 0.3) is 0 Å². The molecule has 0 amide bonds. The zero-order valence-electron chi connectivity index (χ0n) is 12.6. The van der Waals surface area contributed by atoms with E-state index in [-0.39, 0.29) is 0 Å². The van der Waals surface area contributed by atoms with E-state index in [0.29, 0.717) is 6.04 Å². The summed E-state index contributed by atoms with van der Waals surface area (Å²) >= 11 is 0. The first-order chi connectivity index (χ1) is 10.8. The van der Waals surface area contributed by atoms with Gasteiger partial charge in [0.25, 0.3) is 0 Å². The molecule has 1 saturated carbocycles. The number of carbonyl (C=O) groups is 1. The molecule has 1 aliphatic heterocycles. The predicted octanol–water partition coefficient (Wildman–Crippen LogP) is 2.52.